The Labute approximate surface area is 183 Å². The van der Waals surface area contributed by atoms with Crippen LogP contribution in [0.25, 0.3) is 0 Å². The number of carbonyl (C=O) groups excluding carboxylic acids is 1. The van der Waals surface area contributed by atoms with E-state index in [9.17, 15) is 4.79 Å². The van der Waals surface area contributed by atoms with Crippen LogP contribution in [0, 0.1) is 5.92 Å². The number of carbonyl (C=O) groups is 1. The first-order chi connectivity index (χ1) is 14.5. The van der Waals surface area contributed by atoms with Crippen LogP contribution in [0.3, 0.4) is 0 Å². The molecule has 164 valence electrons. The third-order valence-corrected chi connectivity index (χ3v) is 5.86. The number of hydrogen-bond acceptors (Lipinski definition) is 3. The standard InChI is InChI=1S/C27H39NO2/c1-4-6-8-10-25(19-21(3)9-7-5-2)23-13-11-22(12-14-23)20-30-27(29)24-15-17-26(28)18-16-24/h11-18,21,25H,4-10,19-20,28H2,1-3H3. The smallest absolute Gasteiger partial charge is 0.338 e. The summed E-state index contributed by atoms with van der Waals surface area (Å²) < 4.78 is 5.46. The van der Waals surface area contributed by atoms with Gasteiger partial charge in [0.25, 0.3) is 0 Å². The SMILES string of the molecule is CCCCCC(CC(C)CCCC)c1ccc(COC(=O)c2ccc(N)cc2)cc1. The minimum absolute atomic E-state index is 0.289. The van der Waals surface area contributed by atoms with Gasteiger partial charge in [-0.25, -0.2) is 4.79 Å². The molecule has 30 heavy (non-hydrogen) atoms. The predicted octanol–water partition coefficient (Wildman–Crippen LogP) is 7.51. The fourth-order valence-corrected chi connectivity index (χ4v) is 3.95. The monoisotopic (exact) mass is 409 g/mol. The summed E-state index contributed by atoms with van der Waals surface area (Å²) in [5, 5.41) is 0. The van der Waals surface area contributed by atoms with Crippen molar-refractivity contribution in [3.8, 4) is 0 Å². The molecule has 3 heteroatoms. The van der Waals surface area contributed by atoms with Crippen LogP contribution < -0.4 is 5.73 Å². The molecule has 2 aromatic rings. The number of benzene rings is 2. The second-order valence-corrected chi connectivity index (χ2v) is 8.62. The van der Waals surface area contributed by atoms with Crippen molar-refractivity contribution in [2.24, 2.45) is 5.92 Å². The minimum Gasteiger partial charge on any atom is -0.457 e. The second-order valence-electron chi connectivity index (χ2n) is 8.62. The molecule has 0 spiro atoms. The molecule has 0 amide bonds. The number of nitrogen functional groups attached to an aromatic ring is 1. The van der Waals surface area contributed by atoms with Gasteiger partial charge in [-0.1, -0.05) is 83.6 Å². The fourth-order valence-electron chi connectivity index (χ4n) is 3.95. The van der Waals surface area contributed by atoms with Gasteiger partial charge in [0.1, 0.15) is 6.61 Å². The van der Waals surface area contributed by atoms with Crippen molar-refractivity contribution in [1.82, 2.24) is 0 Å². The van der Waals surface area contributed by atoms with E-state index in [-0.39, 0.29) is 12.6 Å². The molecule has 2 N–H and O–H groups in total. The average Bonchev–Trinajstić information content (AvgIpc) is 2.76. The van der Waals surface area contributed by atoms with Crippen LogP contribution in [-0.2, 0) is 11.3 Å². The Morgan fingerprint density at radius 1 is 0.900 bits per heavy atom. The average molecular weight is 410 g/mol. The van der Waals surface area contributed by atoms with Gasteiger partial charge in [-0.2, -0.15) is 0 Å². The summed E-state index contributed by atoms with van der Waals surface area (Å²) in [5.41, 5.74) is 9.28. The van der Waals surface area contributed by atoms with Crippen LogP contribution in [0.15, 0.2) is 48.5 Å². The summed E-state index contributed by atoms with van der Waals surface area (Å²) >= 11 is 0. The van der Waals surface area contributed by atoms with Gasteiger partial charge in [0.15, 0.2) is 0 Å². The summed E-state index contributed by atoms with van der Waals surface area (Å²) in [6.45, 7) is 7.22. The van der Waals surface area contributed by atoms with E-state index in [1.54, 1.807) is 24.3 Å². The van der Waals surface area contributed by atoms with Crippen LogP contribution >= 0.6 is 0 Å². The molecule has 2 unspecified atom stereocenters. The van der Waals surface area contributed by atoms with Gasteiger partial charge in [-0.3, -0.25) is 0 Å². The third kappa shape index (κ3) is 8.22. The topological polar surface area (TPSA) is 52.3 Å². The first-order valence-electron chi connectivity index (χ1n) is 11.6. The number of nitrogens with two attached hydrogens (primary N) is 1. The molecule has 0 heterocycles. The maximum atomic E-state index is 12.2. The molecule has 0 aromatic heterocycles. The van der Waals surface area contributed by atoms with Gasteiger partial charge in [0.2, 0.25) is 0 Å². The molecule has 0 aliphatic rings. The summed E-state index contributed by atoms with van der Waals surface area (Å²) in [4.78, 5) is 12.2. The lowest BCUT2D eigenvalue weighted by Gasteiger charge is -2.22. The number of unbranched alkanes of at least 4 members (excludes halogenated alkanes) is 3. The van der Waals surface area contributed by atoms with Gasteiger partial charge < -0.3 is 10.5 Å². The molecule has 0 saturated carbocycles. The Bertz CT molecular complexity index is 736. The molecular weight excluding hydrogens is 370 g/mol. The van der Waals surface area contributed by atoms with Crippen molar-refractivity contribution in [2.75, 3.05) is 5.73 Å². The molecule has 0 bridgehead atoms. The van der Waals surface area contributed by atoms with E-state index >= 15 is 0 Å². The van der Waals surface area contributed by atoms with Crippen molar-refractivity contribution in [2.45, 2.75) is 84.7 Å². The Morgan fingerprint density at radius 2 is 1.57 bits per heavy atom. The number of anilines is 1. The Morgan fingerprint density at radius 3 is 2.20 bits per heavy atom. The molecule has 2 aromatic carbocycles. The molecule has 0 radical (unpaired) electrons. The highest BCUT2D eigenvalue weighted by Gasteiger charge is 2.15. The van der Waals surface area contributed by atoms with Crippen molar-refractivity contribution in [1.29, 1.82) is 0 Å². The first kappa shape index (κ1) is 24.0. The fraction of sp³-hybridized carbons (Fsp3) is 0.519. The maximum Gasteiger partial charge on any atom is 0.338 e. The molecule has 2 rings (SSSR count). The van der Waals surface area contributed by atoms with Crippen LogP contribution in [0.4, 0.5) is 5.69 Å². The van der Waals surface area contributed by atoms with Gasteiger partial charge in [0, 0.05) is 5.69 Å². The molecule has 2 atom stereocenters. The second kappa shape index (κ2) is 13.1. The number of hydrogen-bond donors (Lipinski definition) is 1. The Kier molecular flexibility index (Phi) is 10.5. The van der Waals surface area contributed by atoms with E-state index in [4.69, 9.17) is 10.5 Å². The Balaban J connectivity index is 1.95. The van der Waals surface area contributed by atoms with Gasteiger partial charge in [-0.05, 0) is 60.1 Å². The summed E-state index contributed by atoms with van der Waals surface area (Å²) in [6.07, 6.45) is 10.3. The summed E-state index contributed by atoms with van der Waals surface area (Å²) in [5.74, 6) is 1.06. The molecule has 3 nitrogen and oxygen atoms in total. The van der Waals surface area contributed by atoms with Crippen molar-refractivity contribution >= 4 is 11.7 Å². The molecule has 0 saturated heterocycles. The number of rotatable bonds is 13. The van der Waals surface area contributed by atoms with Crippen molar-refractivity contribution in [3.63, 3.8) is 0 Å². The van der Waals surface area contributed by atoms with E-state index in [0.29, 0.717) is 17.2 Å². The highest BCUT2D eigenvalue weighted by molar-refractivity contribution is 5.89. The number of esters is 1. The van der Waals surface area contributed by atoms with Crippen LogP contribution in [0.1, 0.15) is 99.5 Å². The number of ether oxygens (including phenoxy) is 1. The lowest BCUT2D eigenvalue weighted by molar-refractivity contribution is 0.0472. The zero-order valence-electron chi connectivity index (χ0n) is 19.0. The van der Waals surface area contributed by atoms with Crippen molar-refractivity contribution < 1.29 is 9.53 Å². The van der Waals surface area contributed by atoms with Crippen LogP contribution in [0.5, 0.6) is 0 Å². The van der Waals surface area contributed by atoms with Gasteiger partial charge in [0.05, 0.1) is 5.56 Å². The highest BCUT2D eigenvalue weighted by atomic mass is 16.5. The zero-order chi connectivity index (χ0) is 21.8. The van der Waals surface area contributed by atoms with Crippen LogP contribution in [0.2, 0.25) is 0 Å². The predicted molar refractivity (Wildman–Crippen MR) is 127 cm³/mol. The molecule has 0 aliphatic carbocycles. The normalized spacial score (nSPS) is 13.0. The quantitative estimate of drug-likeness (QED) is 0.212. The van der Waals surface area contributed by atoms with E-state index in [1.165, 1.54) is 56.9 Å². The van der Waals surface area contributed by atoms with E-state index in [1.807, 2.05) is 0 Å². The maximum absolute atomic E-state index is 12.2. The van der Waals surface area contributed by atoms with E-state index in [2.05, 4.69) is 45.0 Å². The third-order valence-electron chi connectivity index (χ3n) is 5.86. The Hall–Kier alpha value is -2.29. The van der Waals surface area contributed by atoms with Crippen LogP contribution in [-0.4, -0.2) is 5.97 Å². The minimum atomic E-state index is -0.318. The van der Waals surface area contributed by atoms with Gasteiger partial charge in [-0.15, -0.1) is 0 Å². The van der Waals surface area contributed by atoms with Gasteiger partial charge >= 0.3 is 5.97 Å². The first-order valence-corrected chi connectivity index (χ1v) is 11.6. The van der Waals surface area contributed by atoms with Crippen molar-refractivity contribution in [3.05, 3.63) is 65.2 Å². The molecular formula is C27H39NO2. The molecule has 0 aliphatic heterocycles. The lowest BCUT2D eigenvalue weighted by Crippen LogP contribution is -2.07. The van der Waals surface area contributed by atoms with E-state index < -0.39 is 0 Å². The summed E-state index contributed by atoms with van der Waals surface area (Å²) in [7, 11) is 0. The zero-order valence-corrected chi connectivity index (χ0v) is 19.0. The van der Waals surface area contributed by atoms with E-state index in [0.717, 1.165) is 11.5 Å². The highest BCUT2D eigenvalue weighted by Crippen LogP contribution is 2.31. The largest absolute Gasteiger partial charge is 0.457 e. The molecule has 0 fully saturated rings. The lowest BCUT2D eigenvalue weighted by atomic mass is 9.84. The summed E-state index contributed by atoms with van der Waals surface area (Å²) in [6, 6.07) is 15.5.